The first kappa shape index (κ1) is 20.0. The van der Waals surface area contributed by atoms with Crippen molar-refractivity contribution in [3.63, 3.8) is 0 Å². The topological polar surface area (TPSA) is 89.9 Å². The lowest BCUT2D eigenvalue weighted by molar-refractivity contribution is 0.00621. The van der Waals surface area contributed by atoms with Gasteiger partial charge in [0.25, 0.3) is 11.8 Å². The molecule has 0 spiro atoms. The third-order valence-electron chi connectivity index (χ3n) is 5.25. The molecule has 2 aliphatic rings. The number of amides is 2. The number of hydrogen-bond donors (Lipinski definition) is 1. The second-order valence-electron chi connectivity index (χ2n) is 7.17. The van der Waals surface area contributed by atoms with Crippen LogP contribution in [-0.2, 0) is 17.8 Å². The van der Waals surface area contributed by atoms with E-state index in [4.69, 9.17) is 9.47 Å². The lowest BCUT2D eigenvalue weighted by Crippen LogP contribution is -2.49. The Morgan fingerprint density at radius 3 is 2.80 bits per heavy atom. The molecule has 0 saturated carbocycles. The second kappa shape index (κ2) is 7.52. The predicted octanol–water partition coefficient (Wildman–Crippen LogP) is 1.27. The Bertz CT molecular complexity index is 1100. The third-order valence-corrected chi connectivity index (χ3v) is 5.25. The molecular weight excluding hydrogens is 400 g/mol. The average Bonchev–Trinajstić information content (AvgIpc) is 3.08. The van der Waals surface area contributed by atoms with E-state index >= 15 is 0 Å². The van der Waals surface area contributed by atoms with Crippen LogP contribution in [0.5, 0.6) is 5.75 Å². The minimum absolute atomic E-state index is 0.0530. The minimum atomic E-state index is -0.812. The molecule has 4 rings (SSSR count). The zero-order valence-electron chi connectivity index (χ0n) is 16.3. The van der Waals surface area contributed by atoms with Crippen LogP contribution < -0.4 is 15.5 Å². The normalized spacial score (nSPS) is 20.0. The van der Waals surface area contributed by atoms with Crippen molar-refractivity contribution in [3.05, 3.63) is 63.1 Å². The summed E-state index contributed by atoms with van der Waals surface area (Å²) in [5.41, 5.74) is -0.892. The summed E-state index contributed by atoms with van der Waals surface area (Å²) in [5.74, 6) is -2.97. The molecule has 2 aliphatic heterocycles. The van der Waals surface area contributed by atoms with E-state index in [9.17, 15) is 23.2 Å². The Kier molecular flexibility index (Phi) is 5.02. The summed E-state index contributed by atoms with van der Waals surface area (Å²) in [5, 5.41) is 2.44. The Morgan fingerprint density at radius 2 is 2.10 bits per heavy atom. The van der Waals surface area contributed by atoms with Gasteiger partial charge in [0.15, 0.2) is 17.7 Å². The van der Waals surface area contributed by atoms with Crippen molar-refractivity contribution in [2.45, 2.75) is 32.3 Å². The highest BCUT2D eigenvalue weighted by atomic mass is 19.1. The van der Waals surface area contributed by atoms with Gasteiger partial charge in [0, 0.05) is 24.4 Å². The van der Waals surface area contributed by atoms with E-state index in [1.54, 1.807) is 4.90 Å². The number of fused-ring (bicyclic) bond motifs is 2. The Labute approximate surface area is 170 Å². The molecule has 1 N–H and O–H groups in total. The first-order valence-corrected chi connectivity index (χ1v) is 9.29. The molecule has 1 aromatic carbocycles. The molecule has 1 fully saturated rings. The summed E-state index contributed by atoms with van der Waals surface area (Å²) in [6, 6.07) is 2.83. The third kappa shape index (κ3) is 3.22. The van der Waals surface area contributed by atoms with Gasteiger partial charge in [-0.3, -0.25) is 14.4 Å². The number of ether oxygens (including phenoxy) is 2. The SMILES string of the molecule is COc1c2n(cc(C(=O)NCc3ccc(F)cc3F)c1=O)CC1OC[C@H](C)N1C2=O. The molecule has 8 nitrogen and oxygen atoms in total. The number of carbonyl (C=O) groups excluding carboxylic acids is 2. The average molecular weight is 419 g/mol. The molecule has 1 unspecified atom stereocenters. The second-order valence-corrected chi connectivity index (χ2v) is 7.17. The number of carbonyl (C=O) groups is 2. The van der Waals surface area contributed by atoms with Crippen LogP contribution in [-0.4, -0.2) is 47.3 Å². The molecule has 2 amide bonds. The first-order valence-electron chi connectivity index (χ1n) is 9.29. The van der Waals surface area contributed by atoms with Crippen LogP contribution in [0.4, 0.5) is 8.78 Å². The van der Waals surface area contributed by atoms with E-state index < -0.39 is 35.1 Å². The Morgan fingerprint density at radius 1 is 1.33 bits per heavy atom. The molecule has 1 saturated heterocycles. The molecule has 10 heteroatoms. The van der Waals surface area contributed by atoms with Crippen LogP contribution in [0.15, 0.2) is 29.2 Å². The van der Waals surface area contributed by atoms with E-state index in [0.717, 1.165) is 6.07 Å². The predicted molar refractivity (Wildman–Crippen MR) is 100 cm³/mol. The number of nitrogens with one attached hydrogen (secondary N) is 1. The molecule has 30 heavy (non-hydrogen) atoms. The van der Waals surface area contributed by atoms with Gasteiger partial charge in [-0.15, -0.1) is 0 Å². The largest absolute Gasteiger partial charge is 0.491 e. The zero-order valence-corrected chi connectivity index (χ0v) is 16.3. The number of hydrogen-bond acceptors (Lipinski definition) is 5. The fraction of sp³-hybridized carbons (Fsp3) is 0.350. The maximum Gasteiger partial charge on any atom is 0.276 e. The Hall–Kier alpha value is -3.27. The highest BCUT2D eigenvalue weighted by Crippen LogP contribution is 2.29. The van der Waals surface area contributed by atoms with Crippen LogP contribution >= 0.6 is 0 Å². The van der Waals surface area contributed by atoms with Gasteiger partial charge in [-0.2, -0.15) is 0 Å². The van der Waals surface area contributed by atoms with E-state index in [1.165, 1.54) is 23.9 Å². The van der Waals surface area contributed by atoms with Crippen LogP contribution in [0.2, 0.25) is 0 Å². The van der Waals surface area contributed by atoms with Crippen molar-refractivity contribution in [1.82, 2.24) is 14.8 Å². The van der Waals surface area contributed by atoms with Crippen molar-refractivity contribution < 1.29 is 27.8 Å². The van der Waals surface area contributed by atoms with Gasteiger partial charge in [-0.1, -0.05) is 6.07 Å². The zero-order chi connectivity index (χ0) is 21.6. The standard InChI is InChI=1S/C20H19F2N3O5/c1-10-9-30-15-8-24-7-13(17(26)18(29-2)16(24)20(28)25(10)15)19(27)23-6-11-3-4-12(21)5-14(11)22/h3-5,7,10,15H,6,8-9H2,1-2H3,(H,23,27)/t10-,15?/m0/s1. The van der Waals surface area contributed by atoms with Crippen molar-refractivity contribution >= 4 is 11.8 Å². The van der Waals surface area contributed by atoms with Crippen molar-refractivity contribution in [3.8, 4) is 5.75 Å². The molecule has 0 bridgehead atoms. The highest BCUT2D eigenvalue weighted by molar-refractivity contribution is 5.99. The number of methoxy groups -OCH3 is 1. The molecular formula is C20H19F2N3O5. The van der Waals surface area contributed by atoms with E-state index in [2.05, 4.69) is 5.32 Å². The monoisotopic (exact) mass is 419 g/mol. The molecule has 3 heterocycles. The molecule has 2 atom stereocenters. The van der Waals surface area contributed by atoms with Crippen LogP contribution in [0, 0.1) is 11.6 Å². The molecule has 0 aliphatic carbocycles. The minimum Gasteiger partial charge on any atom is -0.491 e. The fourth-order valence-electron chi connectivity index (χ4n) is 3.75. The number of aromatic nitrogens is 1. The highest BCUT2D eigenvalue weighted by Gasteiger charge is 2.43. The number of pyridine rings is 1. The van der Waals surface area contributed by atoms with Gasteiger partial charge in [-0.05, 0) is 13.0 Å². The van der Waals surface area contributed by atoms with Crippen molar-refractivity contribution in [1.29, 1.82) is 0 Å². The summed E-state index contributed by atoms with van der Waals surface area (Å²) in [6.07, 6.45) is 0.773. The lowest BCUT2D eigenvalue weighted by Gasteiger charge is -2.34. The molecule has 1 aromatic heterocycles. The Balaban J connectivity index is 1.66. The number of halogens is 2. The van der Waals surface area contributed by atoms with Gasteiger partial charge in [0.05, 0.1) is 26.3 Å². The van der Waals surface area contributed by atoms with Gasteiger partial charge in [-0.25, -0.2) is 8.78 Å². The summed E-state index contributed by atoms with van der Waals surface area (Å²) >= 11 is 0. The number of benzene rings is 1. The molecule has 2 aromatic rings. The van der Waals surface area contributed by atoms with Crippen LogP contribution in [0.1, 0.15) is 33.3 Å². The fourth-order valence-corrected chi connectivity index (χ4v) is 3.75. The van der Waals surface area contributed by atoms with Gasteiger partial charge in [0.2, 0.25) is 5.43 Å². The van der Waals surface area contributed by atoms with E-state index in [1.807, 2.05) is 6.92 Å². The van der Waals surface area contributed by atoms with Gasteiger partial charge in [0.1, 0.15) is 17.2 Å². The summed E-state index contributed by atoms with van der Waals surface area (Å²) in [4.78, 5) is 39.9. The van der Waals surface area contributed by atoms with E-state index in [-0.39, 0.29) is 41.7 Å². The quantitative estimate of drug-likeness (QED) is 0.806. The van der Waals surface area contributed by atoms with Crippen LogP contribution in [0.3, 0.4) is 0 Å². The van der Waals surface area contributed by atoms with Crippen LogP contribution in [0.25, 0.3) is 0 Å². The maximum absolute atomic E-state index is 13.8. The maximum atomic E-state index is 13.8. The summed E-state index contributed by atoms with van der Waals surface area (Å²) < 4.78 is 39.1. The molecule has 0 radical (unpaired) electrons. The van der Waals surface area contributed by atoms with Crippen molar-refractivity contribution in [2.75, 3.05) is 13.7 Å². The smallest absolute Gasteiger partial charge is 0.276 e. The summed E-state index contributed by atoms with van der Waals surface area (Å²) in [6.45, 7) is 2.20. The molecule has 158 valence electrons. The van der Waals surface area contributed by atoms with Crippen molar-refractivity contribution in [2.24, 2.45) is 0 Å². The summed E-state index contributed by atoms with van der Waals surface area (Å²) in [7, 11) is 1.25. The first-order chi connectivity index (χ1) is 14.3. The lowest BCUT2D eigenvalue weighted by atomic mass is 10.1. The number of nitrogens with zero attached hydrogens (tertiary/aromatic N) is 2. The van der Waals surface area contributed by atoms with Gasteiger partial charge < -0.3 is 24.3 Å². The number of rotatable bonds is 4. The van der Waals surface area contributed by atoms with Gasteiger partial charge >= 0.3 is 0 Å². The van der Waals surface area contributed by atoms with E-state index in [0.29, 0.717) is 12.7 Å².